The van der Waals surface area contributed by atoms with E-state index in [1.807, 2.05) is 0 Å². The first-order valence-electron chi connectivity index (χ1n) is 3.22. The van der Waals surface area contributed by atoms with Gasteiger partial charge >= 0.3 is 0 Å². The van der Waals surface area contributed by atoms with E-state index in [1.165, 1.54) is 12.3 Å². The largest absolute Gasteiger partial charge is 0.255 e. The Bertz CT molecular complexity index is 246. The summed E-state index contributed by atoms with van der Waals surface area (Å²) >= 11 is 35.3. The molecule has 13 heavy (non-hydrogen) atoms. The molecule has 0 spiro atoms. The van der Waals surface area contributed by atoms with E-state index in [2.05, 4.69) is 0 Å². The molecule has 0 aliphatic carbocycles. The summed E-state index contributed by atoms with van der Waals surface area (Å²) in [6.07, 6.45) is 2.93. The number of hydrogen-bond acceptors (Lipinski definition) is 1. The van der Waals surface area contributed by atoms with Crippen molar-refractivity contribution in [3.63, 3.8) is 0 Å². The van der Waals surface area contributed by atoms with Crippen LogP contribution in [-0.4, -0.2) is 18.1 Å². The lowest BCUT2D eigenvalue weighted by Gasteiger charge is -2.46. The standard InChI is InChI=1S/C6H5Cl6N/c1-4(7)2-3-13(12)6(10,11)5(4,8)9/h2-3H,1H3. The third kappa shape index (κ3) is 1.73. The van der Waals surface area contributed by atoms with Crippen molar-refractivity contribution in [2.75, 3.05) is 0 Å². The molecule has 0 amide bonds. The third-order valence-electron chi connectivity index (χ3n) is 1.78. The molecule has 0 N–H and O–H groups in total. The van der Waals surface area contributed by atoms with E-state index in [0.717, 1.165) is 4.42 Å². The van der Waals surface area contributed by atoms with Crippen LogP contribution in [0.4, 0.5) is 0 Å². The molecule has 1 unspecified atom stereocenters. The van der Waals surface area contributed by atoms with Crippen LogP contribution in [0.5, 0.6) is 0 Å². The van der Waals surface area contributed by atoms with Gasteiger partial charge in [-0.3, -0.25) is 4.42 Å². The van der Waals surface area contributed by atoms with E-state index in [0.29, 0.717) is 0 Å². The summed E-state index contributed by atoms with van der Waals surface area (Å²) in [5.41, 5.74) is 0. The zero-order valence-corrected chi connectivity index (χ0v) is 10.9. The first-order valence-corrected chi connectivity index (χ1v) is 5.45. The number of halogens is 6. The van der Waals surface area contributed by atoms with Gasteiger partial charge in [0.05, 0.1) is 4.87 Å². The van der Waals surface area contributed by atoms with Gasteiger partial charge in [0, 0.05) is 18.0 Å². The highest BCUT2D eigenvalue weighted by atomic mass is 35.5. The Kier molecular flexibility index (Phi) is 3.23. The Morgan fingerprint density at radius 2 is 1.54 bits per heavy atom. The Balaban J connectivity index is 3.22. The maximum atomic E-state index is 6.01. The minimum absolute atomic E-state index is 0.972. The molecule has 0 fully saturated rings. The molecular weight excluding hydrogens is 299 g/mol. The van der Waals surface area contributed by atoms with E-state index in [9.17, 15) is 0 Å². The molecule has 1 heterocycles. The molecular formula is C6H5Cl6N. The van der Waals surface area contributed by atoms with Crippen LogP contribution in [0.15, 0.2) is 12.3 Å². The minimum atomic E-state index is -1.68. The summed E-state index contributed by atoms with van der Waals surface area (Å²) in [5.74, 6) is 0. The van der Waals surface area contributed by atoms with Crippen LogP contribution in [0.3, 0.4) is 0 Å². The lowest BCUT2D eigenvalue weighted by molar-refractivity contribution is 0.386. The van der Waals surface area contributed by atoms with Crippen molar-refractivity contribution in [2.45, 2.75) is 20.6 Å². The normalized spacial score (nSPS) is 36.4. The van der Waals surface area contributed by atoms with E-state index >= 15 is 0 Å². The van der Waals surface area contributed by atoms with Gasteiger partial charge in [-0.15, -0.1) is 11.6 Å². The molecule has 76 valence electrons. The molecule has 1 aliphatic rings. The smallest absolute Gasteiger partial charge is 0.238 e. The molecule has 0 saturated heterocycles. The topological polar surface area (TPSA) is 3.24 Å². The number of rotatable bonds is 0. The van der Waals surface area contributed by atoms with Gasteiger partial charge in [-0.05, 0) is 13.0 Å². The predicted octanol–water partition coefficient (Wildman–Crippen LogP) is 4.27. The second kappa shape index (κ2) is 3.40. The predicted molar refractivity (Wildman–Crippen MR) is 60.0 cm³/mol. The van der Waals surface area contributed by atoms with Crippen LogP contribution < -0.4 is 0 Å². The fourth-order valence-electron chi connectivity index (χ4n) is 0.832. The highest BCUT2D eigenvalue weighted by Gasteiger charge is 2.62. The minimum Gasteiger partial charge on any atom is -0.255 e. The lowest BCUT2D eigenvalue weighted by atomic mass is 10.0. The summed E-state index contributed by atoms with van der Waals surface area (Å²) in [5, 5.41) is 0. The van der Waals surface area contributed by atoms with Crippen LogP contribution in [0.2, 0.25) is 0 Å². The van der Waals surface area contributed by atoms with Crippen molar-refractivity contribution < 1.29 is 0 Å². The van der Waals surface area contributed by atoms with Crippen LogP contribution in [-0.2, 0) is 0 Å². The highest BCUT2D eigenvalue weighted by Crippen LogP contribution is 2.57. The van der Waals surface area contributed by atoms with Crippen molar-refractivity contribution in [2.24, 2.45) is 0 Å². The zero-order valence-electron chi connectivity index (χ0n) is 6.37. The summed E-state index contributed by atoms with van der Waals surface area (Å²) in [6, 6.07) is 0. The average Bonchev–Trinajstić information content (AvgIpc) is 1.97. The number of alkyl halides is 5. The highest BCUT2D eigenvalue weighted by molar-refractivity contribution is 6.66. The number of allylic oxidation sites excluding steroid dienone is 1. The van der Waals surface area contributed by atoms with Gasteiger partial charge in [-0.2, -0.15) is 0 Å². The van der Waals surface area contributed by atoms with Gasteiger partial charge in [0.2, 0.25) is 4.46 Å². The van der Waals surface area contributed by atoms with Crippen LogP contribution in [0, 0.1) is 0 Å². The molecule has 0 saturated carbocycles. The molecule has 0 aromatic carbocycles. The van der Waals surface area contributed by atoms with Crippen molar-refractivity contribution in [3.8, 4) is 0 Å². The van der Waals surface area contributed by atoms with Crippen molar-refractivity contribution in [3.05, 3.63) is 12.3 Å². The summed E-state index contributed by atoms with van der Waals surface area (Å²) < 4.78 is -2.32. The van der Waals surface area contributed by atoms with Crippen molar-refractivity contribution in [1.82, 2.24) is 4.42 Å². The SMILES string of the molecule is CC1(Cl)C=CN(Cl)C(Cl)(Cl)C1(Cl)Cl. The fourth-order valence-corrected chi connectivity index (χ4v) is 2.20. The van der Waals surface area contributed by atoms with Crippen LogP contribution >= 0.6 is 69.8 Å². The van der Waals surface area contributed by atoms with Gasteiger partial charge in [-0.25, -0.2) is 0 Å². The summed E-state index contributed by atoms with van der Waals surface area (Å²) in [4.78, 5) is -1.08. The van der Waals surface area contributed by atoms with E-state index in [-0.39, 0.29) is 0 Å². The average molecular weight is 304 g/mol. The maximum absolute atomic E-state index is 6.01. The Morgan fingerprint density at radius 1 is 1.08 bits per heavy atom. The molecule has 1 atom stereocenters. The Hall–Kier alpha value is 1.28. The molecule has 1 aliphatic heterocycles. The molecule has 0 radical (unpaired) electrons. The molecule has 0 aromatic rings. The van der Waals surface area contributed by atoms with Gasteiger partial charge in [0.1, 0.15) is 0 Å². The van der Waals surface area contributed by atoms with Gasteiger partial charge < -0.3 is 0 Å². The third-order valence-corrected chi connectivity index (χ3v) is 5.57. The maximum Gasteiger partial charge on any atom is 0.238 e. The van der Waals surface area contributed by atoms with E-state index in [1.54, 1.807) is 6.92 Å². The second-order valence-electron chi connectivity index (χ2n) is 2.82. The summed E-state index contributed by atoms with van der Waals surface area (Å²) in [7, 11) is 0. The van der Waals surface area contributed by atoms with Crippen molar-refractivity contribution in [1.29, 1.82) is 0 Å². The number of hydrogen-bond donors (Lipinski definition) is 0. The number of nitrogens with zero attached hydrogens (tertiary/aromatic N) is 1. The van der Waals surface area contributed by atoms with Gasteiger partial charge in [0.25, 0.3) is 0 Å². The van der Waals surface area contributed by atoms with Gasteiger partial charge in [0.15, 0.2) is 4.33 Å². The van der Waals surface area contributed by atoms with Crippen molar-refractivity contribution >= 4 is 69.8 Å². The second-order valence-corrected chi connectivity index (χ2v) is 6.58. The lowest BCUT2D eigenvalue weighted by Crippen LogP contribution is -2.58. The van der Waals surface area contributed by atoms with Crippen LogP contribution in [0.25, 0.3) is 0 Å². The zero-order chi connectivity index (χ0) is 10.5. The Morgan fingerprint density at radius 3 is 1.92 bits per heavy atom. The van der Waals surface area contributed by atoms with Crippen LogP contribution in [0.1, 0.15) is 6.92 Å². The summed E-state index contributed by atoms with van der Waals surface area (Å²) in [6.45, 7) is 1.59. The molecule has 0 aromatic heterocycles. The van der Waals surface area contributed by atoms with E-state index < -0.39 is 13.7 Å². The molecule has 7 heteroatoms. The first-order chi connectivity index (χ1) is 5.63. The fraction of sp³-hybridized carbons (Fsp3) is 0.667. The monoisotopic (exact) mass is 301 g/mol. The Labute approximate surface area is 107 Å². The molecule has 1 rings (SSSR count). The first kappa shape index (κ1) is 12.4. The molecule has 0 bridgehead atoms. The van der Waals surface area contributed by atoms with E-state index in [4.69, 9.17) is 69.8 Å². The molecule has 1 nitrogen and oxygen atoms in total. The quantitative estimate of drug-likeness (QED) is 0.367. The van der Waals surface area contributed by atoms with Gasteiger partial charge in [-0.1, -0.05) is 46.4 Å².